The topological polar surface area (TPSA) is 60.2 Å². The van der Waals surface area contributed by atoms with E-state index in [-0.39, 0.29) is 28.2 Å². The first-order chi connectivity index (χ1) is 7.68. The number of hydrogen-bond acceptors (Lipinski definition) is 3. The van der Waals surface area contributed by atoms with Gasteiger partial charge >= 0.3 is 0 Å². The molecule has 3 rings (SSSR count). The van der Waals surface area contributed by atoms with E-state index in [1.807, 2.05) is 6.07 Å². The normalized spacial score (nSPS) is 26.6. The highest BCUT2D eigenvalue weighted by Gasteiger charge is 2.42. The number of ketones is 1. The van der Waals surface area contributed by atoms with Crippen LogP contribution in [0.4, 0.5) is 5.69 Å². The SMILES string of the molecule is O=C1C2CCC1c1cccc([N+](=O)[O-])c1C2. The van der Waals surface area contributed by atoms with Crippen molar-refractivity contribution in [2.75, 3.05) is 0 Å². The van der Waals surface area contributed by atoms with Gasteiger partial charge in [0, 0.05) is 23.5 Å². The average Bonchev–Trinajstić information content (AvgIpc) is 2.51. The molecular formula is C12H11NO3. The molecule has 2 aliphatic rings. The minimum Gasteiger partial charge on any atom is -0.299 e. The molecule has 1 saturated carbocycles. The predicted octanol–water partition coefficient (Wildman–Crippen LogP) is 2.21. The first-order valence-electron chi connectivity index (χ1n) is 5.48. The number of nitro groups is 1. The van der Waals surface area contributed by atoms with Crippen LogP contribution in [0.15, 0.2) is 18.2 Å². The zero-order valence-electron chi connectivity index (χ0n) is 8.68. The van der Waals surface area contributed by atoms with Crippen LogP contribution < -0.4 is 0 Å². The maximum absolute atomic E-state index is 11.9. The molecule has 4 heteroatoms. The molecule has 2 unspecified atom stereocenters. The molecule has 2 bridgehead atoms. The van der Waals surface area contributed by atoms with Crippen LogP contribution in [0.5, 0.6) is 0 Å². The number of nitro benzene ring substituents is 1. The Morgan fingerprint density at radius 3 is 2.88 bits per heavy atom. The largest absolute Gasteiger partial charge is 0.299 e. The summed E-state index contributed by atoms with van der Waals surface area (Å²) in [6.07, 6.45) is 2.30. The van der Waals surface area contributed by atoms with E-state index in [0.717, 1.165) is 24.0 Å². The van der Waals surface area contributed by atoms with Gasteiger partial charge in [0.15, 0.2) is 0 Å². The fourth-order valence-corrected chi connectivity index (χ4v) is 3.01. The zero-order chi connectivity index (χ0) is 11.3. The number of carbonyl (C=O) groups is 1. The van der Waals surface area contributed by atoms with Crippen LogP contribution >= 0.6 is 0 Å². The third-order valence-corrected chi connectivity index (χ3v) is 3.76. The molecule has 0 N–H and O–H groups in total. The molecular weight excluding hydrogens is 206 g/mol. The number of nitrogens with zero attached hydrogens (tertiary/aromatic N) is 1. The van der Waals surface area contributed by atoms with Crippen molar-refractivity contribution in [3.05, 3.63) is 39.4 Å². The lowest BCUT2D eigenvalue weighted by Crippen LogP contribution is -2.22. The number of rotatable bonds is 1. The van der Waals surface area contributed by atoms with Gasteiger partial charge in [-0.05, 0) is 24.8 Å². The van der Waals surface area contributed by atoms with E-state index in [0.29, 0.717) is 6.42 Å². The van der Waals surface area contributed by atoms with E-state index in [9.17, 15) is 14.9 Å². The molecule has 0 spiro atoms. The summed E-state index contributed by atoms with van der Waals surface area (Å²) in [6.45, 7) is 0. The lowest BCUT2D eigenvalue weighted by molar-refractivity contribution is -0.385. The summed E-state index contributed by atoms with van der Waals surface area (Å²) < 4.78 is 0. The Balaban J connectivity index is 2.19. The summed E-state index contributed by atoms with van der Waals surface area (Å²) in [5.41, 5.74) is 1.87. The first-order valence-corrected chi connectivity index (χ1v) is 5.48. The smallest absolute Gasteiger partial charge is 0.272 e. The molecule has 0 aliphatic heterocycles. The highest BCUT2D eigenvalue weighted by Crippen LogP contribution is 2.45. The molecule has 0 heterocycles. The van der Waals surface area contributed by atoms with Crippen LogP contribution in [0.25, 0.3) is 0 Å². The lowest BCUT2D eigenvalue weighted by Gasteiger charge is -2.21. The van der Waals surface area contributed by atoms with Gasteiger partial charge in [-0.3, -0.25) is 14.9 Å². The fraction of sp³-hybridized carbons (Fsp3) is 0.417. The molecule has 1 aromatic rings. The van der Waals surface area contributed by atoms with Crippen LogP contribution in [0.2, 0.25) is 0 Å². The van der Waals surface area contributed by atoms with Gasteiger partial charge in [-0.25, -0.2) is 0 Å². The number of carbonyl (C=O) groups excluding carboxylic acids is 1. The minimum atomic E-state index is -0.339. The second-order valence-electron chi connectivity index (χ2n) is 4.54. The van der Waals surface area contributed by atoms with Crippen LogP contribution in [0.3, 0.4) is 0 Å². The van der Waals surface area contributed by atoms with Crippen molar-refractivity contribution in [1.82, 2.24) is 0 Å². The predicted molar refractivity (Wildman–Crippen MR) is 57.3 cm³/mol. The van der Waals surface area contributed by atoms with E-state index >= 15 is 0 Å². The summed E-state index contributed by atoms with van der Waals surface area (Å²) in [6, 6.07) is 5.09. The highest BCUT2D eigenvalue weighted by atomic mass is 16.6. The van der Waals surface area contributed by atoms with Crippen LogP contribution in [0, 0.1) is 16.0 Å². The van der Waals surface area contributed by atoms with E-state index in [1.54, 1.807) is 6.07 Å². The Bertz CT molecular complexity index is 495. The van der Waals surface area contributed by atoms with Crippen molar-refractivity contribution in [2.45, 2.75) is 25.2 Å². The van der Waals surface area contributed by atoms with Gasteiger partial charge < -0.3 is 0 Å². The lowest BCUT2D eigenvalue weighted by atomic mass is 9.81. The van der Waals surface area contributed by atoms with Crippen molar-refractivity contribution in [3.8, 4) is 0 Å². The highest BCUT2D eigenvalue weighted by molar-refractivity contribution is 5.92. The standard InChI is InChI=1S/C12H11NO3/c14-12-7-4-5-9(12)8-2-1-3-11(13(15)16)10(8)6-7/h1-3,7,9H,4-6H2. The zero-order valence-corrected chi connectivity index (χ0v) is 8.68. The van der Waals surface area contributed by atoms with Crippen LogP contribution in [-0.4, -0.2) is 10.7 Å². The van der Waals surface area contributed by atoms with E-state index in [1.165, 1.54) is 6.07 Å². The Labute approximate surface area is 92.4 Å². The first kappa shape index (κ1) is 9.51. The number of fused-ring (bicyclic) bond motifs is 4. The van der Waals surface area contributed by atoms with Crippen molar-refractivity contribution in [2.24, 2.45) is 5.92 Å². The Hall–Kier alpha value is -1.71. The van der Waals surface area contributed by atoms with E-state index < -0.39 is 0 Å². The number of benzene rings is 1. The second-order valence-corrected chi connectivity index (χ2v) is 4.54. The Morgan fingerprint density at radius 2 is 2.12 bits per heavy atom. The third kappa shape index (κ3) is 1.13. The van der Waals surface area contributed by atoms with Gasteiger partial charge in [-0.2, -0.15) is 0 Å². The minimum absolute atomic E-state index is 0.0265. The summed E-state index contributed by atoms with van der Waals surface area (Å²) in [5, 5.41) is 10.9. The van der Waals surface area contributed by atoms with Crippen LogP contribution in [0.1, 0.15) is 29.9 Å². The fourth-order valence-electron chi connectivity index (χ4n) is 3.01. The molecule has 1 aromatic carbocycles. The van der Waals surface area contributed by atoms with Crippen molar-refractivity contribution < 1.29 is 9.72 Å². The molecule has 2 aliphatic carbocycles. The second kappa shape index (κ2) is 3.14. The van der Waals surface area contributed by atoms with Gasteiger partial charge in [0.05, 0.1) is 4.92 Å². The van der Waals surface area contributed by atoms with Gasteiger partial charge in [0.1, 0.15) is 5.78 Å². The summed E-state index contributed by atoms with van der Waals surface area (Å²) >= 11 is 0. The molecule has 4 nitrogen and oxygen atoms in total. The number of Topliss-reactive ketones (excluding diaryl/α,β-unsaturated/α-hetero) is 1. The number of hydrogen-bond donors (Lipinski definition) is 0. The van der Waals surface area contributed by atoms with Gasteiger partial charge in [0.25, 0.3) is 5.69 Å². The molecule has 0 radical (unpaired) electrons. The van der Waals surface area contributed by atoms with Crippen molar-refractivity contribution in [1.29, 1.82) is 0 Å². The van der Waals surface area contributed by atoms with E-state index in [4.69, 9.17) is 0 Å². The summed E-state index contributed by atoms with van der Waals surface area (Å²) in [4.78, 5) is 22.4. The quantitative estimate of drug-likeness (QED) is 0.535. The van der Waals surface area contributed by atoms with Gasteiger partial charge in [-0.15, -0.1) is 0 Å². The Kier molecular flexibility index (Phi) is 1.87. The van der Waals surface area contributed by atoms with E-state index in [2.05, 4.69) is 0 Å². The molecule has 1 fully saturated rings. The molecule has 0 amide bonds. The van der Waals surface area contributed by atoms with Gasteiger partial charge in [-0.1, -0.05) is 12.1 Å². The van der Waals surface area contributed by atoms with Crippen LogP contribution in [-0.2, 0) is 11.2 Å². The molecule has 16 heavy (non-hydrogen) atoms. The average molecular weight is 217 g/mol. The molecule has 0 saturated heterocycles. The van der Waals surface area contributed by atoms with Crippen molar-refractivity contribution in [3.63, 3.8) is 0 Å². The maximum atomic E-state index is 11.9. The summed E-state index contributed by atoms with van der Waals surface area (Å²) in [5.74, 6) is 0.236. The molecule has 0 aromatic heterocycles. The van der Waals surface area contributed by atoms with Crippen molar-refractivity contribution >= 4 is 11.5 Å². The van der Waals surface area contributed by atoms with Gasteiger partial charge in [0.2, 0.25) is 0 Å². The maximum Gasteiger partial charge on any atom is 0.272 e. The Morgan fingerprint density at radius 1 is 1.31 bits per heavy atom. The monoisotopic (exact) mass is 217 g/mol. The molecule has 2 atom stereocenters. The summed E-state index contributed by atoms with van der Waals surface area (Å²) in [7, 11) is 0. The molecule has 82 valence electrons. The third-order valence-electron chi connectivity index (χ3n) is 3.76.